The first kappa shape index (κ1) is 13.8. The van der Waals surface area contributed by atoms with E-state index in [1.807, 2.05) is 0 Å². The van der Waals surface area contributed by atoms with Gasteiger partial charge < -0.3 is 10.2 Å². The predicted octanol–water partition coefficient (Wildman–Crippen LogP) is 4.35. The van der Waals surface area contributed by atoms with Gasteiger partial charge in [0, 0.05) is 15.4 Å². The van der Waals surface area contributed by atoms with Crippen molar-refractivity contribution in [2.75, 3.05) is 0 Å². The third-order valence-corrected chi connectivity index (χ3v) is 3.65. The molecule has 0 saturated carbocycles. The van der Waals surface area contributed by atoms with Crippen LogP contribution in [0.3, 0.4) is 0 Å². The fourth-order valence-electron chi connectivity index (χ4n) is 2.04. The van der Waals surface area contributed by atoms with E-state index in [2.05, 4.69) is 20.9 Å². The van der Waals surface area contributed by atoms with E-state index in [4.69, 9.17) is 5.11 Å². The van der Waals surface area contributed by atoms with Crippen molar-refractivity contribution in [3.8, 4) is 22.8 Å². The zero-order chi connectivity index (χ0) is 15.1. The summed E-state index contributed by atoms with van der Waals surface area (Å²) >= 11 is 3.29. The SMILES string of the molecule is Oc1ccc2nc(-c3cc(F)c(O)c(F)c3)c(Br)cc2c1. The highest BCUT2D eigenvalue weighted by molar-refractivity contribution is 9.10. The quantitative estimate of drug-likeness (QED) is 0.685. The number of phenolic OH excluding ortho intramolecular Hbond substituents is 2. The van der Waals surface area contributed by atoms with E-state index in [-0.39, 0.29) is 11.3 Å². The van der Waals surface area contributed by atoms with Crippen LogP contribution in [0.2, 0.25) is 0 Å². The van der Waals surface area contributed by atoms with Crippen LogP contribution in [0.4, 0.5) is 8.78 Å². The molecule has 0 unspecified atom stereocenters. The van der Waals surface area contributed by atoms with Crippen molar-refractivity contribution in [1.29, 1.82) is 0 Å². The molecule has 0 spiro atoms. The largest absolute Gasteiger partial charge is 0.508 e. The van der Waals surface area contributed by atoms with Gasteiger partial charge in [0.25, 0.3) is 0 Å². The second-order valence-electron chi connectivity index (χ2n) is 4.48. The summed E-state index contributed by atoms with van der Waals surface area (Å²) in [5.41, 5.74) is 1.11. The normalized spacial score (nSPS) is 11.0. The Morgan fingerprint density at radius 2 is 1.62 bits per heavy atom. The first-order chi connectivity index (χ1) is 9.95. The smallest absolute Gasteiger partial charge is 0.187 e. The van der Waals surface area contributed by atoms with Crippen molar-refractivity contribution in [3.63, 3.8) is 0 Å². The Balaban J connectivity index is 2.25. The number of aromatic hydroxyl groups is 2. The molecule has 0 atom stereocenters. The van der Waals surface area contributed by atoms with Gasteiger partial charge in [-0.15, -0.1) is 0 Å². The monoisotopic (exact) mass is 351 g/mol. The van der Waals surface area contributed by atoms with Gasteiger partial charge in [0.1, 0.15) is 5.75 Å². The van der Waals surface area contributed by atoms with Gasteiger partial charge >= 0.3 is 0 Å². The van der Waals surface area contributed by atoms with Gasteiger partial charge in [0.2, 0.25) is 0 Å². The highest BCUT2D eigenvalue weighted by Gasteiger charge is 2.14. The molecule has 3 nitrogen and oxygen atoms in total. The van der Waals surface area contributed by atoms with E-state index in [1.165, 1.54) is 12.1 Å². The lowest BCUT2D eigenvalue weighted by molar-refractivity contribution is 0.396. The van der Waals surface area contributed by atoms with E-state index >= 15 is 0 Å². The molecule has 2 N–H and O–H groups in total. The summed E-state index contributed by atoms with van der Waals surface area (Å²) in [6, 6.07) is 8.34. The summed E-state index contributed by atoms with van der Waals surface area (Å²) in [7, 11) is 0. The van der Waals surface area contributed by atoms with Crippen LogP contribution in [0.5, 0.6) is 11.5 Å². The molecule has 2 aromatic carbocycles. The zero-order valence-corrected chi connectivity index (χ0v) is 12.0. The summed E-state index contributed by atoms with van der Waals surface area (Å²) in [6.07, 6.45) is 0. The number of rotatable bonds is 1. The fraction of sp³-hybridized carbons (Fsp3) is 0. The molecule has 6 heteroatoms. The van der Waals surface area contributed by atoms with Crippen LogP contribution in [0.25, 0.3) is 22.2 Å². The van der Waals surface area contributed by atoms with Crippen LogP contribution in [-0.2, 0) is 0 Å². The molecular formula is C15H8BrF2NO2. The zero-order valence-electron chi connectivity index (χ0n) is 10.4. The molecule has 1 heterocycles. The average molecular weight is 352 g/mol. The number of pyridine rings is 1. The average Bonchev–Trinajstić information content (AvgIpc) is 2.43. The van der Waals surface area contributed by atoms with Crippen molar-refractivity contribution in [2.24, 2.45) is 0 Å². The van der Waals surface area contributed by atoms with Crippen molar-refractivity contribution >= 4 is 26.8 Å². The van der Waals surface area contributed by atoms with Crippen molar-refractivity contribution < 1.29 is 19.0 Å². The summed E-state index contributed by atoms with van der Waals surface area (Å²) in [5.74, 6) is -3.01. The Hall–Kier alpha value is -2.21. The molecule has 0 aliphatic carbocycles. The molecule has 0 bridgehead atoms. The van der Waals surface area contributed by atoms with Gasteiger partial charge in [-0.05, 0) is 52.3 Å². The third kappa shape index (κ3) is 2.42. The lowest BCUT2D eigenvalue weighted by Crippen LogP contribution is -1.91. The maximum absolute atomic E-state index is 13.5. The molecule has 0 aliphatic rings. The second-order valence-corrected chi connectivity index (χ2v) is 5.34. The number of hydrogen-bond acceptors (Lipinski definition) is 3. The van der Waals surface area contributed by atoms with Crippen molar-refractivity contribution in [2.45, 2.75) is 0 Å². The van der Waals surface area contributed by atoms with Gasteiger partial charge in [-0.25, -0.2) is 13.8 Å². The number of fused-ring (bicyclic) bond motifs is 1. The molecule has 0 fully saturated rings. The first-order valence-electron chi connectivity index (χ1n) is 5.93. The van der Waals surface area contributed by atoms with Crippen molar-refractivity contribution in [1.82, 2.24) is 4.98 Å². The maximum atomic E-state index is 13.5. The molecule has 1 aromatic heterocycles. The van der Waals surface area contributed by atoms with Crippen LogP contribution in [0.15, 0.2) is 40.9 Å². The van der Waals surface area contributed by atoms with Crippen LogP contribution in [-0.4, -0.2) is 15.2 Å². The maximum Gasteiger partial charge on any atom is 0.187 e. The van der Waals surface area contributed by atoms with Gasteiger partial charge in [0.05, 0.1) is 11.2 Å². The minimum absolute atomic E-state index is 0.102. The van der Waals surface area contributed by atoms with E-state index < -0.39 is 17.4 Å². The van der Waals surface area contributed by atoms with E-state index in [0.717, 1.165) is 12.1 Å². The van der Waals surface area contributed by atoms with E-state index in [0.29, 0.717) is 21.1 Å². The molecule has 21 heavy (non-hydrogen) atoms. The first-order valence-corrected chi connectivity index (χ1v) is 6.72. The summed E-state index contributed by atoms with van der Waals surface area (Å²) in [5, 5.41) is 19.3. The summed E-state index contributed by atoms with van der Waals surface area (Å²) < 4.78 is 27.4. The van der Waals surface area contributed by atoms with Gasteiger partial charge in [-0.1, -0.05) is 0 Å². The Morgan fingerprint density at radius 3 is 2.29 bits per heavy atom. The molecule has 0 saturated heterocycles. The number of hydrogen-bond donors (Lipinski definition) is 2. The molecule has 106 valence electrons. The van der Waals surface area contributed by atoms with Crippen molar-refractivity contribution in [3.05, 3.63) is 52.5 Å². The summed E-state index contributed by atoms with van der Waals surface area (Å²) in [6.45, 7) is 0. The van der Waals surface area contributed by atoms with E-state index in [1.54, 1.807) is 12.1 Å². The Labute approximate surface area is 126 Å². The molecular weight excluding hydrogens is 344 g/mol. The minimum Gasteiger partial charge on any atom is -0.508 e. The van der Waals surface area contributed by atoms with Gasteiger partial charge in [-0.3, -0.25) is 0 Å². The topological polar surface area (TPSA) is 53.4 Å². The van der Waals surface area contributed by atoms with Gasteiger partial charge in [0.15, 0.2) is 17.4 Å². The highest BCUT2D eigenvalue weighted by atomic mass is 79.9. The number of halogens is 3. The standard InChI is InChI=1S/C15H8BrF2NO2/c16-10-4-7-3-9(20)1-2-13(7)19-14(10)8-5-11(17)15(21)12(18)6-8/h1-6,20-21H. The highest BCUT2D eigenvalue weighted by Crippen LogP contribution is 2.33. The summed E-state index contributed by atoms with van der Waals surface area (Å²) in [4.78, 5) is 4.33. The minimum atomic E-state index is -1.05. The van der Waals surface area contributed by atoms with Crippen LogP contribution >= 0.6 is 15.9 Å². The van der Waals surface area contributed by atoms with Crippen LogP contribution < -0.4 is 0 Å². The molecule has 3 aromatic rings. The third-order valence-electron chi connectivity index (χ3n) is 3.04. The molecule has 0 radical (unpaired) electrons. The number of benzene rings is 2. The molecule has 0 amide bonds. The lowest BCUT2D eigenvalue weighted by atomic mass is 10.1. The Kier molecular flexibility index (Phi) is 3.25. The number of phenols is 2. The molecule has 0 aliphatic heterocycles. The Morgan fingerprint density at radius 1 is 0.952 bits per heavy atom. The molecule has 3 rings (SSSR count). The van der Waals surface area contributed by atoms with E-state index in [9.17, 15) is 13.9 Å². The Bertz CT molecular complexity index is 845. The van der Waals surface area contributed by atoms with Crippen LogP contribution in [0.1, 0.15) is 0 Å². The van der Waals surface area contributed by atoms with Gasteiger partial charge in [-0.2, -0.15) is 0 Å². The number of nitrogens with zero attached hydrogens (tertiary/aromatic N) is 1. The van der Waals surface area contributed by atoms with Crippen LogP contribution in [0, 0.1) is 11.6 Å². The lowest BCUT2D eigenvalue weighted by Gasteiger charge is -2.08. The second kappa shape index (κ2) is 4.96. The fourth-order valence-corrected chi connectivity index (χ4v) is 2.61. The number of aromatic nitrogens is 1. The predicted molar refractivity (Wildman–Crippen MR) is 78.1 cm³/mol.